The molecular formula is C12H11F2NO2. The van der Waals surface area contributed by atoms with Crippen LogP contribution in [0.25, 0.3) is 6.08 Å². The summed E-state index contributed by atoms with van der Waals surface area (Å²) in [6.45, 7) is -0.815. The third-order valence-electron chi connectivity index (χ3n) is 1.83. The number of halogens is 2. The molecular weight excluding hydrogens is 228 g/mol. The topological polar surface area (TPSA) is 42.2 Å². The van der Waals surface area contributed by atoms with Crippen LogP contribution in [0, 0.1) is 11.3 Å². The molecule has 17 heavy (non-hydrogen) atoms. The Bertz CT molecular complexity index is 439. The van der Waals surface area contributed by atoms with Gasteiger partial charge in [0.05, 0.1) is 12.7 Å². The highest BCUT2D eigenvalue weighted by atomic mass is 19.3. The predicted octanol–water partition coefficient (Wildman–Crippen LogP) is 3.22. The Morgan fingerprint density at radius 2 is 2.18 bits per heavy atom. The lowest BCUT2D eigenvalue weighted by Gasteiger charge is -2.11. The fraction of sp³-hybridized carbons (Fsp3) is 0.250. The zero-order valence-electron chi connectivity index (χ0n) is 9.19. The summed E-state index contributed by atoms with van der Waals surface area (Å²) in [5.41, 5.74) is 0.677. The molecule has 0 unspecified atom stereocenters. The minimum Gasteiger partial charge on any atom is -0.490 e. The molecule has 3 nitrogen and oxygen atoms in total. The van der Waals surface area contributed by atoms with Crippen molar-refractivity contribution >= 4 is 6.08 Å². The number of benzene rings is 1. The van der Waals surface area contributed by atoms with Gasteiger partial charge in [-0.1, -0.05) is 6.07 Å². The lowest BCUT2D eigenvalue weighted by molar-refractivity contribution is -0.0514. The highest BCUT2D eigenvalue weighted by Crippen LogP contribution is 2.30. The van der Waals surface area contributed by atoms with Gasteiger partial charge >= 0.3 is 6.61 Å². The fourth-order valence-electron chi connectivity index (χ4n) is 1.22. The van der Waals surface area contributed by atoms with Gasteiger partial charge < -0.3 is 9.47 Å². The summed E-state index contributed by atoms with van der Waals surface area (Å²) >= 11 is 0. The number of ether oxygens (including phenoxy) is 2. The maximum Gasteiger partial charge on any atom is 0.387 e. The summed E-state index contributed by atoms with van der Waals surface area (Å²) in [6.07, 6.45) is 2.84. The molecule has 0 spiro atoms. The normalized spacial score (nSPS) is 10.5. The summed E-state index contributed by atoms with van der Waals surface area (Å²) in [6, 6.07) is 6.33. The molecule has 5 heteroatoms. The van der Waals surface area contributed by atoms with E-state index in [1.807, 2.05) is 6.07 Å². The second-order valence-corrected chi connectivity index (χ2v) is 2.98. The molecule has 0 bridgehead atoms. The van der Waals surface area contributed by atoms with Gasteiger partial charge in [-0.2, -0.15) is 14.0 Å². The second kappa shape index (κ2) is 6.48. The van der Waals surface area contributed by atoms with Crippen LogP contribution in [0.5, 0.6) is 11.5 Å². The molecule has 0 N–H and O–H groups in total. The summed E-state index contributed by atoms with van der Waals surface area (Å²) in [5.74, 6) is 0.212. The summed E-state index contributed by atoms with van der Waals surface area (Å²) in [4.78, 5) is 0. The average Bonchev–Trinajstić information content (AvgIpc) is 2.29. The molecule has 0 amide bonds. The van der Waals surface area contributed by atoms with E-state index in [1.165, 1.54) is 18.2 Å². The van der Waals surface area contributed by atoms with Gasteiger partial charge in [0.1, 0.15) is 0 Å². The molecule has 0 radical (unpaired) electrons. The molecule has 0 fully saturated rings. The van der Waals surface area contributed by atoms with Crippen LogP contribution in [0.4, 0.5) is 8.78 Å². The van der Waals surface area contributed by atoms with Crippen molar-refractivity contribution in [1.82, 2.24) is 0 Å². The van der Waals surface area contributed by atoms with Crippen LogP contribution in [0.1, 0.15) is 12.5 Å². The number of alkyl halides is 2. The van der Waals surface area contributed by atoms with Gasteiger partial charge in [-0.05, 0) is 30.7 Å². The van der Waals surface area contributed by atoms with E-state index in [1.54, 1.807) is 19.1 Å². The number of nitrogens with zero attached hydrogens (tertiary/aromatic N) is 1. The lowest BCUT2D eigenvalue weighted by Crippen LogP contribution is -2.04. The fourth-order valence-corrected chi connectivity index (χ4v) is 1.22. The number of hydrogen-bond donors (Lipinski definition) is 0. The maximum absolute atomic E-state index is 12.1. The largest absolute Gasteiger partial charge is 0.490 e. The number of allylic oxidation sites excluding steroid dienone is 1. The Morgan fingerprint density at radius 1 is 1.41 bits per heavy atom. The smallest absolute Gasteiger partial charge is 0.387 e. The zero-order chi connectivity index (χ0) is 12.7. The third-order valence-corrected chi connectivity index (χ3v) is 1.83. The maximum atomic E-state index is 12.1. The summed E-state index contributed by atoms with van der Waals surface area (Å²) in [7, 11) is 0. The quantitative estimate of drug-likeness (QED) is 0.741. The van der Waals surface area contributed by atoms with Gasteiger partial charge in [-0.3, -0.25) is 0 Å². The van der Waals surface area contributed by atoms with Gasteiger partial charge in [-0.25, -0.2) is 0 Å². The Hall–Kier alpha value is -2.09. The molecule has 0 saturated heterocycles. The highest BCUT2D eigenvalue weighted by Gasteiger charge is 2.10. The molecule has 90 valence electrons. The summed E-state index contributed by atoms with van der Waals surface area (Å²) < 4.78 is 33.7. The van der Waals surface area contributed by atoms with Crippen molar-refractivity contribution in [2.45, 2.75) is 13.5 Å². The van der Waals surface area contributed by atoms with E-state index in [0.717, 1.165) is 0 Å². The van der Waals surface area contributed by atoms with Crippen molar-refractivity contribution in [3.63, 3.8) is 0 Å². The standard InChI is InChI=1S/C12H11F2NO2/c1-2-16-11-8-9(4-3-7-15)5-6-10(11)17-12(13)14/h3-6,8,12H,2H2,1H3. The molecule has 0 aliphatic carbocycles. The SMILES string of the molecule is CCOc1cc(C=CC#N)ccc1OC(F)F. The zero-order valence-corrected chi connectivity index (χ0v) is 9.19. The third kappa shape index (κ3) is 4.11. The van der Waals surface area contributed by atoms with Crippen molar-refractivity contribution in [2.24, 2.45) is 0 Å². The molecule has 0 aromatic heterocycles. The Labute approximate surface area is 97.9 Å². The molecule has 1 aromatic rings. The first kappa shape index (κ1) is 13.0. The average molecular weight is 239 g/mol. The second-order valence-electron chi connectivity index (χ2n) is 2.98. The number of hydrogen-bond acceptors (Lipinski definition) is 3. The predicted molar refractivity (Wildman–Crippen MR) is 58.9 cm³/mol. The molecule has 0 heterocycles. The van der Waals surface area contributed by atoms with E-state index in [-0.39, 0.29) is 11.5 Å². The van der Waals surface area contributed by atoms with Crippen molar-refractivity contribution in [1.29, 1.82) is 5.26 Å². The van der Waals surface area contributed by atoms with E-state index < -0.39 is 6.61 Å². The van der Waals surface area contributed by atoms with E-state index in [9.17, 15) is 8.78 Å². The monoisotopic (exact) mass is 239 g/mol. The Balaban J connectivity index is 2.99. The van der Waals surface area contributed by atoms with E-state index in [0.29, 0.717) is 12.2 Å². The van der Waals surface area contributed by atoms with Crippen LogP contribution in [-0.4, -0.2) is 13.2 Å². The van der Waals surface area contributed by atoms with E-state index in [4.69, 9.17) is 10.00 Å². The van der Waals surface area contributed by atoms with Crippen molar-refractivity contribution in [3.8, 4) is 17.6 Å². The van der Waals surface area contributed by atoms with Crippen LogP contribution >= 0.6 is 0 Å². The Morgan fingerprint density at radius 3 is 2.76 bits per heavy atom. The van der Waals surface area contributed by atoms with Gasteiger partial charge in [0.2, 0.25) is 0 Å². The molecule has 0 aliphatic rings. The minimum atomic E-state index is -2.89. The van der Waals surface area contributed by atoms with Crippen LogP contribution in [0.3, 0.4) is 0 Å². The summed E-state index contributed by atoms with van der Waals surface area (Å²) in [5, 5.41) is 8.38. The first-order chi connectivity index (χ1) is 8.17. The van der Waals surface area contributed by atoms with Gasteiger partial charge in [-0.15, -0.1) is 0 Å². The molecule has 0 atom stereocenters. The molecule has 1 rings (SSSR count). The molecule has 0 saturated carbocycles. The minimum absolute atomic E-state index is 0.0176. The Kier molecular flexibility index (Phi) is 4.95. The van der Waals surface area contributed by atoms with Gasteiger partial charge in [0.25, 0.3) is 0 Å². The molecule has 1 aromatic carbocycles. The van der Waals surface area contributed by atoms with Gasteiger partial charge in [0, 0.05) is 6.08 Å². The van der Waals surface area contributed by atoms with E-state index in [2.05, 4.69) is 4.74 Å². The van der Waals surface area contributed by atoms with Gasteiger partial charge in [0.15, 0.2) is 11.5 Å². The highest BCUT2D eigenvalue weighted by molar-refractivity contribution is 5.57. The van der Waals surface area contributed by atoms with Crippen molar-refractivity contribution in [2.75, 3.05) is 6.61 Å². The lowest BCUT2D eigenvalue weighted by atomic mass is 10.2. The van der Waals surface area contributed by atoms with Crippen LogP contribution < -0.4 is 9.47 Å². The van der Waals surface area contributed by atoms with Crippen LogP contribution in [0.2, 0.25) is 0 Å². The van der Waals surface area contributed by atoms with Crippen molar-refractivity contribution in [3.05, 3.63) is 29.8 Å². The first-order valence-electron chi connectivity index (χ1n) is 4.95. The van der Waals surface area contributed by atoms with Crippen LogP contribution in [0.15, 0.2) is 24.3 Å². The van der Waals surface area contributed by atoms with E-state index >= 15 is 0 Å². The van der Waals surface area contributed by atoms with Crippen LogP contribution in [-0.2, 0) is 0 Å². The number of nitriles is 1. The molecule has 0 aliphatic heterocycles. The van der Waals surface area contributed by atoms with Crippen molar-refractivity contribution < 1.29 is 18.3 Å². The number of rotatable bonds is 5. The first-order valence-corrected chi connectivity index (χ1v) is 4.95.